The monoisotopic (exact) mass is 263 g/mol. The smallest absolute Gasteiger partial charge is 0.225 e. The summed E-state index contributed by atoms with van der Waals surface area (Å²) in [6.45, 7) is 8.91. The van der Waals surface area contributed by atoms with E-state index in [-0.39, 0.29) is 11.3 Å². The van der Waals surface area contributed by atoms with E-state index in [1.165, 1.54) is 0 Å². The minimum absolute atomic E-state index is 0.163. The number of hydrogen-bond acceptors (Lipinski definition) is 1. The van der Waals surface area contributed by atoms with Crippen LogP contribution in [0.3, 0.4) is 0 Å². The van der Waals surface area contributed by atoms with E-state index in [9.17, 15) is 4.79 Å². The Kier molecular flexibility index (Phi) is 6.41. The quantitative estimate of drug-likeness (QED) is 0.734. The topological polar surface area (TPSA) is 29.1 Å². The van der Waals surface area contributed by atoms with Crippen LogP contribution in [-0.4, -0.2) is 17.3 Å². The summed E-state index contributed by atoms with van der Waals surface area (Å²) in [6, 6.07) is 0. The van der Waals surface area contributed by atoms with E-state index >= 15 is 0 Å². The summed E-state index contributed by atoms with van der Waals surface area (Å²) in [5.41, 5.74) is -0.228. The highest BCUT2D eigenvalue weighted by Gasteiger charge is 2.24. The van der Waals surface area contributed by atoms with Crippen LogP contribution in [0.25, 0.3) is 0 Å². The third-order valence-electron chi connectivity index (χ3n) is 2.68. The highest BCUT2D eigenvalue weighted by atomic mass is 79.9. The number of carbonyl (C=O) groups is 1. The standard InChI is InChI=1S/C11H22BrNO/c1-5-9(12)7-8-13-10(14)11(3,4)6-2/h9H,5-8H2,1-4H3,(H,13,14). The van der Waals surface area contributed by atoms with Gasteiger partial charge < -0.3 is 5.32 Å². The molecule has 0 aromatic rings. The van der Waals surface area contributed by atoms with Crippen LogP contribution in [0.15, 0.2) is 0 Å². The van der Waals surface area contributed by atoms with Crippen molar-refractivity contribution in [3.63, 3.8) is 0 Å². The van der Waals surface area contributed by atoms with Gasteiger partial charge in [0.2, 0.25) is 5.91 Å². The molecule has 0 saturated carbocycles. The van der Waals surface area contributed by atoms with Gasteiger partial charge in [-0.3, -0.25) is 4.79 Å². The van der Waals surface area contributed by atoms with Crippen molar-refractivity contribution in [1.29, 1.82) is 0 Å². The summed E-state index contributed by atoms with van der Waals surface area (Å²) in [5.74, 6) is 0.163. The lowest BCUT2D eigenvalue weighted by Gasteiger charge is -2.21. The van der Waals surface area contributed by atoms with E-state index in [2.05, 4.69) is 28.2 Å². The van der Waals surface area contributed by atoms with Gasteiger partial charge in [0.15, 0.2) is 0 Å². The van der Waals surface area contributed by atoms with Gasteiger partial charge in [0.25, 0.3) is 0 Å². The van der Waals surface area contributed by atoms with Gasteiger partial charge in [-0.2, -0.15) is 0 Å². The first-order valence-corrected chi connectivity index (χ1v) is 6.28. The van der Waals surface area contributed by atoms with E-state index in [1.807, 2.05) is 20.8 Å². The predicted octanol–water partition coefficient (Wildman–Crippen LogP) is 3.10. The first-order valence-electron chi connectivity index (χ1n) is 5.36. The minimum atomic E-state index is -0.228. The molecule has 0 aromatic heterocycles. The van der Waals surface area contributed by atoms with Crippen LogP contribution < -0.4 is 5.32 Å². The molecule has 0 heterocycles. The van der Waals surface area contributed by atoms with Gasteiger partial charge in [-0.15, -0.1) is 0 Å². The van der Waals surface area contributed by atoms with Gasteiger partial charge in [-0.05, 0) is 19.3 Å². The lowest BCUT2D eigenvalue weighted by molar-refractivity contribution is -0.129. The van der Waals surface area contributed by atoms with Crippen LogP contribution in [0.5, 0.6) is 0 Å². The van der Waals surface area contributed by atoms with Crippen molar-refractivity contribution in [1.82, 2.24) is 5.32 Å². The number of rotatable bonds is 6. The maximum Gasteiger partial charge on any atom is 0.225 e. The van der Waals surface area contributed by atoms with E-state index in [1.54, 1.807) is 0 Å². The largest absolute Gasteiger partial charge is 0.356 e. The van der Waals surface area contributed by atoms with Crippen molar-refractivity contribution in [2.75, 3.05) is 6.54 Å². The molecule has 0 aliphatic rings. The molecule has 1 unspecified atom stereocenters. The molecule has 0 aliphatic heterocycles. The van der Waals surface area contributed by atoms with E-state index in [0.29, 0.717) is 4.83 Å². The maximum atomic E-state index is 11.6. The lowest BCUT2D eigenvalue weighted by Crippen LogP contribution is -2.37. The van der Waals surface area contributed by atoms with Crippen LogP contribution >= 0.6 is 15.9 Å². The second kappa shape index (κ2) is 6.44. The number of nitrogens with one attached hydrogen (secondary N) is 1. The van der Waals surface area contributed by atoms with Gasteiger partial charge in [0.05, 0.1) is 0 Å². The Morgan fingerprint density at radius 3 is 2.43 bits per heavy atom. The molecule has 0 radical (unpaired) electrons. The Morgan fingerprint density at radius 1 is 1.43 bits per heavy atom. The molecule has 0 fully saturated rings. The SMILES string of the molecule is CCC(Br)CCNC(=O)C(C)(C)CC. The van der Waals surface area contributed by atoms with E-state index < -0.39 is 0 Å². The highest BCUT2D eigenvalue weighted by molar-refractivity contribution is 9.09. The Hall–Kier alpha value is -0.0500. The summed E-state index contributed by atoms with van der Waals surface area (Å²) in [4.78, 5) is 12.2. The van der Waals surface area contributed by atoms with Crippen molar-refractivity contribution in [2.24, 2.45) is 5.41 Å². The normalized spacial score (nSPS) is 13.8. The molecule has 0 aliphatic carbocycles. The first kappa shape index (κ1) is 13.9. The summed E-state index contributed by atoms with van der Waals surface area (Å²) < 4.78 is 0. The fourth-order valence-corrected chi connectivity index (χ4v) is 1.18. The summed E-state index contributed by atoms with van der Waals surface area (Å²) in [5, 5.41) is 2.97. The highest BCUT2D eigenvalue weighted by Crippen LogP contribution is 2.19. The third kappa shape index (κ3) is 4.99. The Labute approximate surface area is 96.0 Å². The van der Waals surface area contributed by atoms with Crippen LogP contribution in [0, 0.1) is 5.41 Å². The zero-order chi connectivity index (χ0) is 11.2. The minimum Gasteiger partial charge on any atom is -0.356 e. The zero-order valence-corrected chi connectivity index (χ0v) is 11.3. The lowest BCUT2D eigenvalue weighted by atomic mass is 9.89. The zero-order valence-electron chi connectivity index (χ0n) is 9.69. The summed E-state index contributed by atoms with van der Waals surface area (Å²) in [6.07, 6.45) is 2.99. The molecule has 0 spiro atoms. The maximum absolute atomic E-state index is 11.6. The molecule has 0 bridgehead atoms. The molecule has 1 atom stereocenters. The number of carbonyl (C=O) groups excluding carboxylic acids is 1. The van der Waals surface area contributed by atoms with Crippen molar-refractivity contribution < 1.29 is 4.79 Å². The molecule has 84 valence electrons. The fraction of sp³-hybridized carbons (Fsp3) is 0.909. The Morgan fingerprint density at radius 2 is 2.00 bits per heavy atom. The second-order valence-corrected chi connectivity index (χ2v) is 5.58. The van der Waals surface area contributed by atoms with Crippen LogP contribution in [0.2, 0.25) is 0 Å². The van der Waals surface area contributed by atoms with Crippen molar-refractivity contribution in [2.45, 2.75) is 51.8 Å². The molecule has 0 saturated heterocycles. The molecule has 2 nitrogen and oxygen atoms in total. The van der Waals surface area contributed by atoms with E-state index in [4.69, 9.17) is 0 Å². The van der Waals surface area contributed by atoms with Crippen LogP contribution in [-0.2, 0) is 4.79 Å². The van der Waals surface area contributed by atoms with Gasteiger partial charge in [0.1, 0.15) is 0 Å². The van der Waals surface area contributed by atoms with Crippen molar-refractivity contribution >= 4 is 21.8 Å². The van der Waals surface area contributed by atoms with Crippen LogP contribution in [0.1, 0.15) is 47.0 Å². The third-order valence-corrected chi connectivity index (χ3v) is 3.79. The van der Waals surface area contributed by atoms with Gasteiger partial charge >= 0.3 is 0 Å². The molecular formula is C11H22BrNO. The number of hydrogen-bond donors (Lipinski definition) is 1. The number of halogens is 1. The molecule has 0 rings (SSSR count). The molecule has 0 aromatic carbocycles. The number of amides is 1. The molecule has 14 heavy (non-hydrogen) atoms. The van der Waals surface area contributed by atoms with E-state index in [0.717, 1.165) is 25.8 Å². The fourth-order valence-electron chi connectivity index (χ4n) is 0.946. The Balaban J connectivity index is 3.75. The van der Waals surface area contributed by atoms with Gasteiger partial charge in [-0.1, -0.05) is 43.6 Å². The average Bonchev–Trinajstić information content (AvgIpc) is 2.17. The van der Waals surface area contributed by atoms with Crippen LogP contribution in [0.4, 0.5) is 0 Å². The van der Waals surface area contributed by atoms with Crippen molar-refractivity contribution in [3.05, 3.63) is 0 Å². The van der Waals surface area contributed by atoms with Crippen molar-refractivity contribution in [3.8, 4) is 0 Å². The first-order chi connectivity index (χ1) is 6.44. The molecule has 3 heteroatoms. The van der Waals surface area contributed by atoms with Gasteiger partial charge in [-0.25, -0.2) is 0 Å². The summed E-state index contributed by atoms with van der Waals surface area (Å²) >= 11 is 3.54. The molecular weight excluding hydrogens is 242 g/mol. The van der Waals surface area contributed by atoms with Gasteiger partial charge in [0, 0.05) is 16.8 Å². The number of alkyl halides is 1. The molecule has 1 amide bonds. The molecule has 1 N–H and O–H groups in total. The average molecular weight is 264 g/mol. The Bertz CT molecular complexity index is 180. The predicted molar refractivity (Wildman–Crippen MR) is 64.7 cm³/mol. The second-order valence-electron chi connectivity index (χ2n) is 4.29. The summed E-state index contributed by atoms with van der Waals surface area (Å²) in [7, 11) is 0.